The third-order valence-electron chi connectivity index (χ3n) is 5.34. The summed E-state index contributed by atoms with van der Waals surface area (Å²) in [6.45, 7) is 3.75. The number of anilines is 1. The van der Waals surface area contributed by atoms with Crippen molar-refractivity contribution in [3.63, 3.8) is 0 Å². The second kappa shape index (κ2) is 9.77. The molecule has 1 aromatic heterocycles. The van der Waals surface area contributed by atoms with Crippen LogP contribution in [-0.2, 0) is 14.8 Å². The predicted molar refractivity (Wildman–Crippen MR) is 129 cm³/mol. The first-order chi connectivity index (χ1) is 17.4. The molecule has 3 aromatic carbocycles. The van der Waals surface area contributed by atoms with Crippen LogP contribution in [0.25, 0.3) is 22.6 Å². The SMILES string of the molecule is COC(=O)c1cc(S(=O)(=O)Nc2ccc3oc(-c4ccc(OC(F)(F)F)cc4)nc3c2)ccc1C(C)C. The van der Waals surface area contributed by atoms with Gasteiger partial charge in [0.1, 0.15) is 11.3 Å². The van der Waals surface area contributed by atoms with Crippen molar-refractivity contribution in [2.45, 2.75) is 31.0 Å². The number of oxazole rings is 1. The minimum atomic E-state index is -4.81. The van der Waals surface area contributed by atoms with E-state index < -0.39 is 22.4 Å². The number of fused-ring (bicyclic) bond motifs is 1. The third kappa shape index (κ3) is 5.85. The largest absolute Gasteiger partial charge is 0.573 e. The van der Waals surface area contributed by atoms with E-state index in [2.05, 4.69) is 14.4 Å². The van der Waals surface area contributed by atoms with Crippen LogP contribution in [0.5, 0.6) is 5.75 Å². The maximum Gasteiger partial charge on any atom is 0.573 e. The van der Waals surface area contributed by atoms with Crippen LogP contribution in [0.3, 0.4) is 0 Å². The molecule has 12 heteroatoms. The van der Waals surface area contributed by atoms with Gasteiger partial charge in [-0.05, 0) is 66.1 Å². The van der Waals surface area contributed by atoms with Gasteiger partial charge in [-0.25, -0.2) is 18.2 Å². The number of ether oxygens (including phenoxy) is 2. The number of methoxy groups -OCH3 is 1. The fourth-order valence-electron chi connectivity index (χ4n) is 3.62. The van der Waals surface area contributed by atoms with E-state index in [-0.39, 0.29) is 33.7 Å². The van der Waals surface area contributed by atoms with Gasteiger partial charge in [0, 0.05) is 5.56 Å². The first-order valence-electron chi connectivity index (χ1n) is 10.9. The lowest BCUT2D eigenvalue weighted by molar-refractivity contribution is -0.274. The highest BCUT2D eigenvalue weighted by Crippen LogP contribution is 2.30. The van der Waals surface area contributed by atoms with Gasteiger partial charge < -0.3 is 13.9 Å². The minimum absolute atomic E-state index is 0.0315. The number of carbonyl (C=O) groups excluding carboxylic acids is 1. The number of halogens is 3. The molecule has 0 radical (unpaired) electrons. The number of alkyl halides is 3. The molecule has 0 aliphatic carbocycles. The lowest BCUT2D eigenvalue weighted by Gasteiger charge is -2.14. The first kappa shape index (κ1) is 26.0. The van der Waals surface area contributed by atoms with Gasteiger partial charge in [0.05, 0.1) is 23.3 Å². The molecule has 0 unspecified atom stereocenters. The van der Waals surface area contributed by atoms with Crippen molar-refractivity contribution < 1.29 is 40.3 Å². The Labute approximate surface area is 210 Å². The maximum atomic E-state index is 13.0. The van der Waals surface area contributed by atoms with E-state index in [0.29, 0.717) is 22.2 Å². The summed E-state index contributed by atoms with van der Waals surface area (Å²) in [7, 11) is -2.86. The van der Waals surface area contributed by atoms with Gasteiger partial charge in [-0.3, -0.25) is 4.72 Å². The van der Waals surface area contributed by atoms with Crippen LogP contribution in [0.15, 0.2) is 70.0 Å². The summed E-state index contributed by atoms with van der Waals surface area (Å²) in [5, 5.41) is 0. The number of rotatable bonds is 7. The van der Waals surface area contributed by atoms with Gasteiger partial charge in [0.25, 0.3) is 10.0 Å². The number of aromatic nitrogens is 1. The smallest absolute Gasteiger partial charge is 0.465 e. The summed E-state index contributed by atoms with van der Waals surface area (Å²) >= 11 is 0. The van der Waals surface area contributed by atoms with Crippen molar-refractivity contribution in [2.75, 3.05) is 11.8 Å². The molecular formula is C25H21F3N2O6S. The molecule has 0 aliphatic rings. The molecule has 0 aliphatic heterocycles. The minimum Gasteiger partial charge on any atom is -0.465 e. The highest BCUT2D eigenvalue weighted by molar-refractivity contribution is 7.92. The summed E-state index contributed by atoms with van der Waals surface area (Å²) in [6.07, 6.45) is -4.81. The summed E-state index contributed by atoms with van der Waals surface area (Å²) in [5.41, 5.74) is 2.05. The van der Waals surface area contributed by atoms with Gasteiger partial charge >= 0.3 is 12.3 Å². The first-order valence-corrected chi connectivity index (χ1v) is 12.4. The van der Waals surface area contributed by atoms with Crippen molar-refractivity contribution in [3.8, 4) is 17.2 Å². The molecule has 0 amide bonds. The Morgan fingerprint density at radius 3 is 2.35 bits per heavy atom. The van der Waals surface area contributed by atoms with Crippen LogP contribution in [0.1, 0.15) is 35.7 Å². The summed E-state index contributed by atoms with van der Waals surface area (Å²) < 4.78 is 79.9. The Morgan fingerprint density at radius 2 is 1.73 bits per heavy atom. The fourth-order valence-corrected chi connectivity index (χ4v) is 4.70. The van der Waals surface area contributed by atoms with Crippen LogP contribution in [0, 0.1) is 0 Å². The number of nitrogens with one attached hydrogen (secondary N) is 1. The molecule has 1 N–H and O–H groups in total. The average Bonchev–Trinajstić information content (AvgIpc) is 3.25. The van der Waals surface area contributed by atoms with Gasteiger partial charge in [0.15, 0.2) is 5.58 Å². The van der Waals surface area contributed by atoms with E-state index in [1.54, 1.807) is 6.07 Å². The molecule has 0 spiro atoms. The zero-order valence-corrected chi connectivity index (χ0v) is 20.6. The zero-order chi connectivity index (χ0) is 27.0. The molecule has 0 atom stereocenters. The van der Waals surface area contributed by atoms with Crippen molar-refractivity contribution in [3.05, 3.63) is 71.8 Å². The van der Waals surface area contributed by atoms with Crippen LogP contribution in [-0.4, -0.2) is 32.8 Å². The number of benzene rings is 3. The van der Waals surface area contributed by atoms with Crippen LogP contribution < -0.4 is 9.46 Å². The normalized spacial score (nSPS) is 12.1. The Kier molecular flexibility index (Phi) is 6.87. The maximum absolute atomic E-state index is 13.0. The van der Waals surface area contributed by atoms with Crippen molar-refractivity contribution in [2.24, 2.45) is 0 Å². The van der Waals surface area contributed by atoms with Gasteiger partial charge in [-0.15, -0.1) is 13.2 Å². The molecule has 8 nitrogen and oxygen atoms in total. The van der Waals surface area contributed by atoms with E-state index in [1.165, 1.54) is 49.6 Å². The van der Waals surface area contributed by atoms with Gasteiger partial charge in [-0.1, -0.05) is 19.9 Å². The lowest BCUT2D eigenvalue weighted by Crippen LogP contribution is -2.16. The molecule has 4 rings (SSSR count). The van der Waals surface area contributed by atoms with Crippen LogP contribution >= 0.6 is 0 Å². The van der Waals surface area contributed by atoms with E-state index in [0.717, 1.165) is 12.1 Å². The summed E-state index contributed by atoms with van der Waals surface area (Å²) in [4.78, 5) is 16.4. The molecule has 0 saturated carbocycles. The third-order valence-corrected chi connectivity index (χ3v) is 6.72. The molecule has 0 bridgehead atoms. The van der Waals surface area contributed by atoms with Crippen LogP contribution in [0.2, 0.25) is 0 Å². The summed E-state index contributed by atoms with van der Waals surface area (Å²) in [5.74, 6) is -0.937. The molecular weight excluding hydrogens is 513 g/mol. The Bertz CT molecular complexity index is 1560. The van der Waals surface area contributed by atoms with Crippen LogP contribution in [0.4, 0.5) is 18.9 Å². The topological polar surface area (TPSA) is 108 Å². The van der Waals surface area contributed by atoms with E-state index in [9.17, 15) is 26.4 Å². The van der Waals surface area contributed by atoms with Gasteiger partial charge in [-0.2, -0.15) is 0 Å². The molecule has 4 aromatic rings. The predicted octanol–water partition coefficient (Wildman–Crippen LogP) is 6.10. The highest BCUT2D eigenvalue weighted by Gasteiger charge is 2.31. The van der Waals surface area contributed by atoms with Crippen molar-refractivity contribution in [1.82, 2.24) is 4.98 Å². The number of esters is 1. The molecule has 194 valence electrons. The number of nitrogens with zero attached hydrogens (tertiary/aromatic N) is 1. The fraction of sp³-hybridized carbons (Fsp3) is 0.200. The highest BCUT2D eigenvalue weighted by atomic mass is 32.2. The second-order valence-corrected chi connectivity index (χ2v) is 9.96. The standard InChI is InChI=1S/C25H21F3N2O6S/c1-14(2)19-10-9-18(13-20(19)24(31)34-3)37(32,33)30-16-6-11-22-21(12-16)29-23(35-22)15-4-7-17(8-5-15)36-25(26,27)28/h4-14,30H,1-3H3. The van der Waals surface area contributed by atoms with E-state index >= 15 is 0 Å². The Balaban J connectivity index is 1.60. The Morgan fingerprint density at radius 1 is 1.03 bits per heavy atom. The molecule has 1 heterocycles. The lowest BCUT2D eigenvalue weighted by atomic mass is 9.97. The molecule has 0 saturated heterocycles. The number of sulfonamides is 1. The van der Waals surface area contributed by atoms with Crippen molar-refractivity contribution >= 4 is 32.8 Å². The quantitative estimate of drug-likeness (QED) is 0.285. The Hall–Kier alpha value is -4.06. The number of carbonyl (C=O) groups is 1. The van der Waals surface area contributed by atoms with E-state index in [4.69, 9.17) is 9.15 Å². The number of hydrogen-bond acceptors (Lipinski definition) is 7. The molecule has 37 heavy (non-hydrogen) atoms. The monoisotopic (exact) mass is 534 g/mol. The number of hydrogen-bond donors (Lipinski definition) is 1. The zero-order valence-electron chi connectivity index (χ0n) is 19.8. The average molecular weight is 535 g/mol. The van der Waals surface area contributed by atoms with Gasteiger partial charge in [0.2, 0.25) is 5.89 Å². The van der Waals surface area contributed by atoms with E-state index in [1.807, 2.05) is 13.8 Å². The second-order valence-electron chi connectivity index (χ2n) is 8.27. The summed E-state index contributed by atoms with van der Waals surface area (Å²) in [6, 6.07) is 13.6. The molecule has 0 fully saturated rings. The van der Waals surface area contributed by atoms with Crippen molar-refractivity contribution in [1.29, 1.82) is 0 Å².